The predicted molar refractivity (Wildman–Crippen MR) is 82.8 cm³/mol. The van der Waals surface area contributed by atoms with Gasteiger partial charge in [0, 0.05) is 11.1 Å². The molecule has 0 atom stereocenters. The lowest BCUT2D eigenvalue weighted by atomic mass is 10.2. The van der Waals surface area contributed by atoms with Gasteiger partial charge >= 0.3 is 5.97 Å². The molecule has 1 amide bonds. The molecule has 0 aliphatic carbocycles. The van der Waals surface area contributed by atoms with Crippen LogP contribution in [0.25, 0.3) is 0 Å². The highest BCUT2D eigenvalue weighted by atomic mass is 16.6. The minimum Gasteiger partial charge on any atom is -0.493 e. The third-order valence-electron chi connectivity index (χ3n) is 2.98. The second-order valence-corrected chi connectivity index (χ2v) is 4.55. The normalized spacial score (nSPS) is 9.78. The zero-order chi connectivity index (χ0) is 16.7. The van der Waals surface area contributed by atoms with Crippen molar-refractivity contribution in [3.63, 3.8) is 0 Å². The highest BCUT2D eigenvalue weighted by Gasteiger charge is 2.12. The largest absolute Gasteiger partial charge is 0.493 e. The molecule has 0 saturated heterocycles. The second-order valence-electron chi connectivity index (χ2n) is 4.55. The summed E-state index contributed by atoms with van der Waals surface area (Å²) in [6, 6.07) is 12.9. The molecule has 1 N–H and O–H groups in total. The zero-order valence-electron chi connectivity index (χ0n) is 12.4. The van der Waals surface area contributed by atoms with Crippen molar-refractivity contribution in [1.29, 1.82) is 0 Å². The molecule has 0 aromatic heterocycles. The first-order chi connectivity index (χ1) is 11.1. The molecule has 2 rings (SSSR count). The molecule has 0 heterocycles. The first kappa shape index (κ1) is 16.2. The van der Waals surface area contributed by atoms with Gasteiger partial charge in [-0.25, -0.2) is 4.79 Å². The fourth-order valence-corrected chi connectivity index (χ4v) is 1.84. The minimum atomic E-state index is -0.647. The number of methoxy groups -OCH3 is 1. The molecule has 23 heavy (non-hydrogen) atoms. The minimum absolute atomic E-state index is 0.178. The monoisotopic (exact) mass is 313 g/mol. The van der Waals surface area contributed by atoms with Crippen LogP contribution in [-0.2, 0) is 4.79 Å². The summed E-state index contributed by atoms with van der Waals surface area (Å²) in [5, 5.41) is 2.47. The van der Waals surface area contributed by atoms with E-state index in [4.69, 9.17) is 9.47 Å². The van der Waals surface area contributed by atoms with Crippen molar-refractivity contribution in [1.82, 2.24) is 5.32 Å². The van der Waals surface area contributed by atoms with Crippen molar-refractivity contribution in [2.45, 2.75) is 0 Å². The lowest BCUT2D eigenvalue weighted by Crippen LogP contribution is -2.31. The van der Waals surface area contributed by atoms with Gasteiger partial charge in [0.1, 0.15) is 12.8 Å². The zero-order valence-corrected chi connectivity index (χ0v) is 12.4. The molecule has 0 bridgehead atoms. The van der Waals surface area contributed by atoms with Gasteiger partial charge in [0.15, 0.2) is 11.5 Å². The molecule has 0 saturated carbocycles. The average Bonchev–Trinajstić information content (AvgIpc) is 2.60. The first-order valence-electron chi connectivity index (χ1n) is 6.81. The van der Waals surface area contributed by atoms with E-state index in [1.165, 1.54) is 25.3 Å². The van der Waals surface area contributed by atoms with Gasteiger partial charge in [0.2, 0.25) is 0 Å². The maximum atomic E-state index is 11.8. The van der Waals surface area contributed by atoms with Gasteiger partial charge in [-0.05, 0) is 30.3 Å². The van der Waals surface area contributed by atoms with Crippen LogP contribution in [0.5, 0.6) is 11.5 Å². The first-order valence-corrected chi connectivity index (χ1v) is 6.81. The van der Waals surface area contributed by atoms with Crippen molar-refractivity contribution in [2.24, 2.45) is 0 Å². The summed E-state index contributed by atoms with van der Waals surface area (Å²) in [4.78, 5) is 34.3. The van der Waals surface area contributed by atoms with E-state index in [1.807, 2.05) is 0 Å². The summed E-state index contributed by atoms with van der Waals surface area (Å²) in [5.74, 6) is -0.577. The van der Waals surface area contributed by atoms with Crippen LogP contribution in [0.4, 0.5) is 0 Å². The van der Waals surface area contributed by atoms with E-state index in [-0.39, 0.29) is 24.0 Å². The van der Waals surface area contributed by atoms with Crippen molar-refractivity contribution >= 4 is 18.2 Å². The second kappa shape index (κ2) is 7.74. The van der Waals surface area contributed by atoms with Gasteiger partial charge < -0.3 is 14.8 Å². The average molecular weight is 313 g/mol. The lowest BCUT2D eigenvalue weighted by molar-refractivity contribution is -0.133. The molecule has 0 aliphatic rings. The number of nitrogens with one attached hydrogen (secondary N) is 1. The van der Waals surface area contributed by atoms with Crippen LogP contribution in [0, 0.1) is 0 Å². The lowest BCUT2D eigenvalue weighted by Gasteiger charge is -2.10. The van der Waals surface area contributed by atoms with Gasteiger partial charge in [-0.3, -0.25) is 9.59 Å². The van der Waals surface area contributed by atoms with E-state index >= 15 is 0 Å². The Morgan fingerprint density at radius 1 is 1.09 bits per heavy atom. The van der Waals surface area contributed by atoms with Crippen molar-refractivity contribution in [2.75, 3.05) is 13.7 Å². The molecule has 6 heteroatoms. The van der Waals surface area contributed by atoms with Crippen LogP contribution in [0.1, 0.15) is 20.7 Å². The Labute approximate surface area is 133 Å². The van der Waals surface area contributed by atoms with Crippen molar-refractivity contribution in [3.8, 4) is 11.5 Å². The van der Waals surface area contributed by atoms with Crippen LogP contribution < -0.4 is 14.8 Å². The Kier molecular flexibility index (Phi) is 5.46. The Hall–Kier alpha value is -3.15. The summed E-state index contributed by atoms with van der Waals surface area (Å²) in [7, 11) is 1.40. The Morgan fingerprint density at radius 3 is 2.48 bits per heavy atom. The van der Waals surface area contributed by atoms with E-state index in [0.29, 0.717) is 17.4 Å². The van der Waals surface area contributed by atoms with E-state index < -0.39 is 5.97 Å². The van der Waals surface area contributed by atoms with Gasteiger partial charge in [-0.1, -0.05) is 18.2 Å². The van der Waals surface area contributed by atoms with Gasteiger partial charge in [0.25, 0.3) is 5.91 Å². The summed E-state index contributed by atoms with van der Waals surface area (Å²) < 4.78 is 10.2. The SMILES string of the molecule is COc1cc(C=O)ccc1OC(=O)CNC(=O)c1ccccc1. The molecule has 2 aromatic carbocycles. The van der Waals surface area contributed by atoms with Crippen LogP contribution in [0.3, 0.4) is 0 Å². The maximum Gasteiger partial charge on any atom is 0.330 e. The molecule has 0 spiro atoms. The predicted octanol–water partition coefficient (Wildman–Crippen LogP) is 1.84. The van der Waals surface area contributed by atoms with Crippen LogP contribution in [0.15, 0.2) is 48.5 Å². The number of aldehydes is 1. The number of carbonyl (C=O) groups excluding carboxylic acids is 3. The number of amides is 1. The number of hydrogen-bond donors (Lipinski definition) is 1. The highest BCUT2D eigenvalue weighted by Crippen LogP contribution is 2.27. The van der Waals surface area contributed by atoms with Crippen LogP contribution in [-0.4, -0.2) is 31.8 Å². The number of ether oxygens (including phenoxy) is 2. The standard InChI is InChI=1S/C17H15NO5/c1-22-15-9-12(11-19)7-8-14(15)23-16(20)10-18-17(21)13-5-3-2-4-6-13/h2-9,11H,10H2,1H3,(H,18,21). The van der Waals surface area contributed by atoms with Gasteiger partial charge in [-0.2, -0.15) is 0 Å². The quantitative estimate of drug-likeness (QED) is 0.500. The maximum absolute atomic E-state index is 11.8. The molecule has 0 unspecified atom stereocenters. The Morgan fingerprint density at radius 2 is 1.83 bits per heavy atom. The smallest absolute Gasteiger partial charge is 0.330 e. The van der Waals surface area contributed by atoms with Gasteiger partial charge in [0.05, 0.1) is 7.11 Å². The fraction of sp³-hybridized carbons (Fsp3) is 0.118. The number of hydrogen-bond acceptors (Lipinski definition) is 5. The molecule has 0 radical (unpaired) electrons. The van der Waals surface area contributed by atoms with Crippen molar-refractivity contribution < 1.29 is 23.9 Å². The van der Waals surface area contributed by atoms with E-state index in [2.05, 4.69) is 5.32 Å². The summed E-state index contributed by atoms with van der Waals surface area (Å²) in [6.07, 6.45) is 0.661. The topological polar surface area (TPSA) is 81.7 Å². The molecule has 6 nitrogen and oxygen atoms in total. The van der Waals surface area contributed by atoms with E-state index in [0.717, 1.165) is 0 Å². The molecular weight excluding hydrogens is 298 g/mol. The summed E-state index contributed by atoms with van der Waals surface area (Å²) >= 11 is 0. The van der Waals surface area contributed by atoms with Gasteiger partial charge in [-0.15, -0.1) is 0 Å². The molecule has 2 aromatic rings. The van der Waals surface area contributed by atoms with E-state index in [9.17, 15) is 14.4 Å². The van der Waals surface area contributed by atoms with Crippen LogP contribution >= 0.6 is 0 Å². The molecule has 0 aliphatic heterocycles. The summed E-state index contributed by atoms with van der Waals surface area (Å²) in [6.45, 7) is -0.285. The number of rotatable bonds is 6. The Bertz CT molecular complexity index is 712. The summed E-state index contributed by atoms with van der Waals surface area (Å²) in [5.41, 5.74) is 0.854. The van der Waals surface area contributed by atoms with Crippen LogP contribution in [0.2, 0.25) is 0 Å². The molecule has 118 valence electrons. The molecule has 0 fully saturated rings. The number of carbonyl (C=O) groups is 3. The number of benzene rings is 2. The highest BCUT2D eigenvalue weighted by molar-refractivity contribution is 5.96. The number of esters is 1. The third kappa shape index (κ3) is 4.41. The Balaban J connectivity index is 1.95. The molecular formula is C17H15NO5. The fourth-order valence-electron chi connectivity index (χ4n) is 1.84. The van der Waals surface area contributed by atoms with E-state index in [1.54, 1.807) is 30.3 Å². The van der Waals surface area contributed by atoms with Crippen molar-refractivity contribution in [3.05, 3.63) is 59.7 Å². The third-order valence-corrected chi connectivity index (χ3v) is 2.98.